The summed E-state index contributed by atoms with van der Waals surface area (Å²) in [7, 11) is 0. The van der Waals surface area contributed by atoms with Crippen molar-refractivity contribution in [2.75, 3.05) is 0 Å². The van der Waals surface area contributed by atoms with Crippen molar-refractivity contribution >= 4 is 23.1 Å². The van der Waals surface area contributed by atoms with Gasteiger partial charge in [0.2, 0.25) is 0 Å². The summed E-state index contributed by atoms with van der Waals surface area (Å²) >= 11 is 5.33. The van der Waals surface area contributed by atoms with Gasteiger partial charge in [-0.15, -0.1) is 0 Å². The van der Waals surface area contributed by atoms with Crippen molar-refractivity contribution in [2.45, 2.75) is 38.0 Å². The molecule has 1 aromatic carbocycles. The van der Waals surface area contributed by atoms with E-state index in [0.29, 0.717) is 0 Å². The van der Waals surface area contributed by atoms with Gasteiger partial charge in [0.05, 0.1) is 0 Å². The van der Waals surface area contributed by atoms with Crippen LogP contribution in [-0.2, 0) is 0 Å². The van der Waals surface area contributed by atoms with Gasteiger partial charge >= 0.3 is 0 Å². The smallest absolute Gasteiger partial charge is 0.0484 e. The molecule has 1 saturated carbocycles. The van der Waals surface area contributed by atoms with Gasteiger partial charge in [-0.1, -0.05) is 43.6 Å². The SMILES string of the molecule is S=c1cc[nH]c2cc(C3CCCCC3)ccc12. The Balaban J connectivity index is 2.04. The molecular formula is C15H17NS. The Morgan fingerprint density at radius 3 is 2.71 bits per heavy atom. The average Bonchev–Trinajstić information content (AvgIpc) is 2.40. The molecule has 0 radical (unpaired) electrons. The quantitative estimate of drug-likeness (QED) is 0.701. The van der Waals surface area contributed by atoms with E-state index < -0.39 is 0 Å². The number of aromatic nitrogens is 1. The first-order valence-electron chi connectivity index (χ1n) is 6.46. The third-order valence-electron chi connectivity index (χ3n) is 3.86. The van der Waals surface area contributed by atoms with Crippen molar-refractivity contribution in [3.63, 3.8) is 0 Å². The predicted octanol–water partition coefficient (Wildman–Crippen LogP) is 4.95. The first kappa shape index (κ1) is 11.0. The standard InChI is InChI=1S/C15H17NS/c17-15-8-9-16-14-10-12(6-7-13(14)15)11-4-2-1-3-5-11/h6-11H,1-5H2,(H,16,17). The fourth-order valence-electron chi connectivity index (χ4n) is 2.88. The van der Waals surface area contributed by atoms with Gasteiger partial charge in [-0.25, -0.2) is 0 Å². The molecule has 1 heterocycles. The molecule has 1 N–H and O–H groups in total. The lowest BCUT2D eigenvalue weighted by Gasteiger charge is -2.22. The summed E-state index contributed by atoms with van der Waals surface area (Å²) in [5, 5.41) is 1.17. The van der Waals surface area contributed by atoms with Crippen molar-refractivity contribution < 1.29 is 0 Å². The Labute approximate surface area is 107 Å². The molecule has 0 unspecified atom stereocenters. The predicted molar refractivity (Wildman–Crippen MR) is 75.0 cm³/mol. The van der Waals surface area contributed by atoms with E-state index in [9.17, 15) is 0 Å². The number of benzene rings is 1. The fourth-order valence-corrected chi connectivity index (χ4v) is 3.13. The molecule has 1 fully saturated rings. The third-order valence-corrected chi connectivity index (χ3v) is 4.22. The van der Waals surface area contributed by atoms with Crippen LogP contribution in [-0.4, -0.2) is 4.98 Å². The van der Waals surface area contributed by atoms with Crippen LogP contribution in [0.4, 0.5) is 0 Å². The van der Waals surface area contributed by atoms with Crippen LogP contribution in [0, 0.1) is 4.51 Å². The Kier molecular flexibility index (Phi) is 2.98. The number of hydrogen-bond donors (Lipinski definition) is 1. The zero-order valence-electron chi connectivity index (χ0n) is 9.91. The minimum absolute atomic E-state index is 0.760. The fraction of sp³-hybridized carbons (Fsp3) is 0.400. The lowest BCUT2D eigenvalue weighted by atomic mass is 9.84. The maximum atomic E-state index is 5.33. The molecule has 1 nitrogen and oxygen atoms in total. The molecule has 88 valence electrons. The van der Waals surface area contributed by atoms with Gasteiger partial charge in [0.15, 0.2) is 0 Å². The monoisotopic (exact) mass is 243 g/mol. The van der Waals surface area contributed by atoms with Crippen molar-refractivity contribution in [2.24, 2.45) is 0 Å². The number of rotatable bonds is 1. The normalized spacial score (nSPS) is 17.4. The maximum absolute atomic E-state index is 5.33. The van der Waals surface area contributed by atoms with E-state index in [1.807, 2.05) is 12.3 Å². The van der Waals surface area contributed by atoms with Crippen LogP contribution in [0.1, 0.15) is 43.6 Å². The highest BCUT2D eigenvalue weighted by atomic mass is 32.1. The van der Waals surface area contributed by atoms with Crippen molar-refractivity contribution in [3.05, 3.63) is 40.5 Å². The van der Waals surface area contributed by atoms with Crippen molar-refractivity contribution in [3.8, 4) is 0 Å². The van der Waals surface area contributed by atoms with Gasteiger partial charge in [-0.2, -0.15) is 0 Å². The lowest BCUT2D eigenvalue weighted by Crippen LogP contribution is -2.04. The van der Waals surface area contributed by atoms with Gasteiger partial charge < -0.3 is 4.98 Å². The number of pyridine rings is 1. The zero-order chi connectivity index (χ0) is 11.7. The Bertz CT molecular complexity index is 579. The van der Waals surface area contributed by atoms with Crippen LogP contribution < -0.4 is 0 Å². The minimum Gasteiger partial charge on any atom is -0.361 e. The molecule has 0 bridgehead atoms. The third kappa shape index (κ3) is 2.14. The van der Waals surface area contributed by atoms with E-state index in [2.05, 4.69) is 23.2 Å². The molecule has 0 aliphatic heterocycles. The van der Waals surface area contributed by atoms with Gasteiger partial charge in [0.1, 0.15) is 0 Å². The van der Waals surface area contributed by atoms with Crippen LogP contribution in [0.15, 0.2) is 30.5 Å². The molecule has 0 atom stereocenters. The summed E-state index contributed by atoms with van der Waals surface area (Å²) in [6.07, 6.45) is 8.81. The number of aromatic amines is 1. The Morgan fingerprint density at radius 1 is 1.06 bits per heavy atom. The molecule has 1 aliphatic carbocycles. The van der Waals surface area contributed by atoms with Crippen LogP contribution in [0.3, 0.4) is 0 Å². The molecule has 1 aliphatic rings. The summed E-state index contributed by atoms with van der Waals surface area (Å²) in [5.41, 5.74) is 2.66. The van der Waals surface area contributed by atoms with E-state index >= 15 is 0 Å². The molecule has 3 rings (SSSR count). The highest BCUT2D eigenvalue weighted by Crippen LogP contribution is 2.33. The molecule has 0 amide bonds. The Hall–Kier alpha value is -1.15. The average molecular weight is 243 g/mol. The maximum Gasteiger partial charge on any atom is 0.0484 e. The minimum atomic E-state index is 0.760. The zero-order valence-corrected chi connectivity index (χ0v) is 10.7. The number of nitrogens with one attached hydrogen (secondary N) is 1. The van der Waals surface area contributed by atoms with Crippen molar-refractivity contribution in [1.29, 1.82) is 0 Å². The summed E-state index contributed by atoms with van der Waals surface area (Å²) < 4.78 is 0.939. The first-order valence-corrected chi connectivity index (χ1v) is 6.87. The van der Waals surface area contributed by atoms with Crippen LogP contribution in [0.25, 0.3) is 10.9 Å². The molecule has 2 heteroatoms. The first-order chi connectivity index (χ1) is 8.34. The van der Waals surface area contributed by atoms with Crippen LogP contribution in [0.2, 0.25) is 0 Å². The van der Waals surface area contributed by atoms with Crippen molar-refractivity contribution in [1.82, 2.24) is 4.98 Å². The largest absolute Gasteiger partial charge is 0.361 e. The second-order valence-corrected chi connectivity index (χ2v) is 5.42. The summed E-state index contributed by atoms with van der Waals surface area (Å²) in [4.78, 5) is 3.30. The van der Waals surface area contributed by atoms with Gasteiger partial charge in [-0.3, -0.25) is 0 Å². The molecular weight excluding hydrogens is 226 g/mol. The lowest BCUT2D eigenvalue weighted by molar-refractivity contribution is 0.444. The van der Waals surface area contributed by atoms with Gasteiger partial charge in [0.25, 0.3) is 0 Å². The van der Waals surface area contributed by atoms with Crippen LogP contribution >= 0.6 is 12.2 Å². The molecule has 0 saturated heterocycles. The molecule has 17 heavy (non-hydrogen) atoms. The van der Waals surface area contributed by atoms with E-state index in [1.165, 1.54) is 48.6 Å². The summed E-state index contributed by atoms with van der Waals surface area (Å²) in [6, 6.07) is 8.69. The summed E-state index contributed by atoms with van der Waals surface area (Å²) in [5.74, 6) is 0.760. The molecule has 0 spiro atoms. The van der Waals surface area contributed by atoms with E-state index in [1.54, 1.807) is 0 Å². The number of H-pyrrole nitrogens is 1. The Morgan fingerprint density at radius 2 is 1.88 bits per heavy atom. The molecule has 1 aromatic heterocycles. The van der Waals surface area contributed by atoms with Gasteiger partial charge in [-0.05, 0) is 36.5 Å². The summed E-state index contributed by atoms with van der Waals surface area (Å²) in [6.45, 7) is 0. The second kappa shape index (κ2) is 4.61. The highest BCUT2D eigenvalue weighted by molar-refractivity contribution is 7.71. The second-order valence-electron chi connectivity index (χ2n) is 4.98. The topological polar surface area (TPSA) is 15.8 Å². The van der Waals surface area contributed by atoms with Gasteiger partial charge in [0, 0.05) is 21.6 Å². The van der Waals surface area contributed by atoms with Crippen LogP contribution in [0.5, 0.6) is 0 Å². The molecule has 2 aromatic rings. The highest BCUT2D eigenvalue weighted by Gasteiger charge is 2.15. The number of fused-ring (bicyclic) bond motifs is 1. The number of hydrogen-bond acceptors (Lipinski definition) is 1. The van der Waals surface area contributed by atoms with E-state index in [-0.39, 0.29) is 0 Å². The van der Waals surface area contributed by atoms with E-state index in [4.69, 9.17) is 12.2 Å². The van der Waals surface area contributed by atoms with E-state index in [0.717, 1.165) is 10.4 Å².